The molecule has 0 aliphatic rings. The van der Waals surface area contributed by atoms with Gasteiger partial charge in [-0.2, -0.15) is 0 Å². The quantitative estimate of drug-likeness (QED) is 0.237. The molecule has 0 aromatic rings. The molecule has 0 aromatic carbocycles. The van der Waals surface area contributed by atoms with Crippen LogP contribution in [0, 0.1) is 5.92 Å². The Morgan fingerprint density at radius 1 is 1.62 bits per heavy atom. The van der Waals surface area contributed by atoms with Gasteiger partial charge in [-0.15, -0.1) is 0 Å². The van der Waals surface area contributed by atoms with E-state index in [1.165, 1.54) is 7.11 Å². The summed E-state index contributed by atoms with van der Waals surface area (Å²) in [6.45, 7) is 6.77. The first kappa shape index (κ1) is 14.7. The summed E-state index contributed by atoms with van der Waals surface area (Å²) in [4.78, 5) is 14.3. The Morgan fingerprint density at radius 3 is 2.69 bits per heavy atom. The number of rotatable bonds is 7. The SMILES string of the molecule is COC(=O)C(C)(NCCCN=[N+]=[N-])C(C)C. The molecule has 0 rings (SSSR count). The number of hydrogen-bond acceptors (Lipinski definition) is 4. The second-order valence-electron chi connectivity index (χ2n) is 4.08. The highest BCUT2D eigenvalue weighted by Gasteiger charge is 2.36. The highest BCUT2D eigenvalue weighted by molar-refractivity contribution is 5.80. The van der Waals surface area contributed by atoms with Crippen LogP contribution in [0.25, 0.3) is 10.4 Å². The van der Waals surface area contributed by atoms with E-state index in [0.29, 0.717) is 19.5 Å². The maximum atomic E-state index is 11.6. The number of hydrogen-bond donors (Lipinski definition) is 1. The van der Waals surface area contributed by atoms with E-state index in [-0.39, 0.29) is 11.9 Å². The molecule has 0 saturated heterocycles. The highest BCUT2D eigenvalue weighted by Crippen LogP contribution is 2.17. The Labute approximate surface area is 96.0 Å². The zero-order chi connectivity index (χ0) is 12.6. The summed E-state index contributed by atoms with van der Waals surface area (Å²) in [5.74, 6) is -0.147. The monoisotopic (exact) mass is 228 g/mol. The molecule has 0 aliphatic carbocycles. The van der Waals surface area contributed by atoms with E-state index >= 15 is 0 Å². The van der Waals surface area contributed by atoms with Crippen LogP contribution in [0.2, 0.25) is 0 Å². The van der Waals surface area contributed by atoms with Crippen molar-refractivity contribution in [2.45, 2.75) is 32.7 Å². The van der Waals surface area contributed by atoms with Crippen LogP contribution < -0.4 is 5.32 Å². The number of ether oxygens (including phenoxy) is 1. The molecule has 16 heavy (non-hydrogen) atoms. The van der Waals surface area contributed by atoms with Crippen LogP contribution in [0.4, 0.5) is 0 Å². The lowest BCUT2D eigenvalue weighted by Crippen LogP contribution is -2.54. The molecule has 0 aliphatic heterocycles. The predicted octanol–water partition coefficient (Wildman–Crippen LogP) is 1.86. The summed E-state index contributed by atoms with van der Waals surface area (Å²) in [7, 11) is 1.38. The molecule has 0 saturated carbocycles. The van der Waals surface area contributed by atoms with Gasteiger partial charge in [-0.25, -0.2) is 0 Å². The molecule has 1 atom stereocenters. The first-order valence-electron chi connectivity index (χ1n) is 5.33. The van der Waals surface area contributed by atoms with Crippen LogP contribution in [0.1, 0.15) is 27.2 Å². The van der Waals surface area contributed by atoms with E-state index in [0.717, 1.165) is 0 Å². The third-order valence-corrected chi connectivity index (χ3v) is 2.75. The molecule has 92 valence electrons. The lowest BCUT2D eigenvalue weighted by Gasteiger charge is -2.31. The van der Waals surface area contributed by atoms with Crippen molar-refractivity contribution in [1.82, 2.24) is 5.32 Å². The molecule has 6 nitrogen and oxygen atoms in total. The minimum atomic E-state index is -0.689. The zero-order valence-electron chi connectivity index (χ0n) is 10.4. The fourth-order valence-electron chi connectivity index (χ4n) is 1.27. The maximum absolute atomic E-state index is 11.6. The van der Waals surface area contributed by atoms with Crippen LogP contribution in [-0.4, -0.2) is 31.7 Å². The largest absolute Gasteiger partial charge is 0.468 e. The molecule has 0 radical (unpaired) electrons. The number of esters is 1. The average molecular weight is 228 g/mol. The van der Waals surface area contributed by atoms with Crippen molar-refractivity contribution in [2.24, 2.45) is 11.0 Å². The molecular weight excluding hydrogens is 208 g/mol. The Balaban J connectivity index is 4.24. The lowest BCUT2D eigenvalue weighted by atomic mass is 9.88. The summed E-state index contributed by atoms with van der Waals surface area (Å²) in [5.41, 5.74) is 7.41. The minimum Gasteiger partial charge on any atom is -0.468 e. The van der Waals surface area contributed by atoms with E-state index in [1.54, 1.807) is 0 Å². The predicted molar refractivity (Wildman–Crippen MR) is 61.9 cm³/mol. The van der Waals surface area contributed by atoms with Crippen LogP contribution >= 0.6 is 0 Å². The van der Waals surface area contributed by atoms with Crippen molar-refractivity contribution in [3.8, 4) is 0 Å². The Morgan fingerprint density at radius 2 is 2.25 bits per heavy atom. The summed E-state index contributed by atoms with van der Waals surface area (Å²) < 4.78 is 4.77. The molecule has 0 heterocycles. The zero-order valence-corrected chi connectivity index (χ0v) is 10.4. The van der Waals surface area contributed by atoms with Crippen LogP contribution in [0.3, 0.4) is 0 Å². The second-order valence-corrected chi connectivity index (χ2v) is 4.08. The second kappa shape index (κ2) is 7.09. The molecule has 0 aromatic heterocycles. The normalized spacial score (nSPS) is 14.1. The smallest absolute Gasteiger partial charge is 0.326 e. The maximum Gasteiger partial charge on any atom is 0.326 e. The van der Waals surface area contributed by atoms with Crippen molar-refractivity contribution in [3.05, 3.63) is 10.4 Å². The Bertz CT molecular complexity index is 274. The summed E-state index contributed by atoms with van der Waals surface area (Å²) >= 11 is 0. The summed E-state index contributed by atoms with van der Waals surface area (Å²) in [6, 6.07) is 0. The van der Waals surface area contributed by atoms with E-state index in [1.807, 2.05) is 20.8 Å². The molecule has 0 bridgehead atoms. The van der Waals surface area contributed by atoms with Gasteiger partial charge in [-0.1, -0.05) is 19.0 Å². The third-order valence-electron chi connectivity index (χ3n) is 2.75. The van der Waals surface area contributed by atoms with Gasteiger partial charge in [0.2, 0.25) is 0 Å². The first-order valence-corrected chi connectivity index (χ1v) is 5.33. The van der Waals surface area contributed by atoms with Crippen molar-refractivity contribution in [1.29, 1.82) is 0 Å². The number of methoxy groups -OCH3 is 1. The van der Waals surface area contributed by atoms with Gasteiger partial charge in [-0.3, -0.25) is 4.79 Å². The number of carbonyl (C=O) groups is 1. The van der Waals surface area contributed by atoms with Gasteiger partial charge in [0.1, 0.15) is 5.54 Å². The van der Waals surface area contributed by atoms with Crippen molar-refractivity contribution >= 4 is 5.97 Å². The van der Waals surface area contributed by atoms with Crippen molar-refractivity contribution in [2.75, 3.05) is 20.2 Å². The average Bonchev–Trinajstić information content (AvgIpc) is 2.27. The van der Waals surface area contributed by atoms with Crippen LogP contribution in [0.5, 0.6) is 0 Å². The van der Waals surface area contributed by atoms with Gasteiger partial charge in [0.25, 0.3) is 0 Å². The molecule has 1 unspecified atom stereocenters. The number of carbonyl (C=O) groups excluding carboxylic acids is 1. The fraction of sp³-hybridized carbons (Fsp3) is 0.900. The Kier molecular flexibility index (Phi) is 6.53. The first-order chi connectivity index (χ1) is 7.49. The summed E-state index contributed by atoms with van der Waals surface area (Å²) in [6.07, 6.45) is 0.698. The number of nitrogens with zero attached hydrogens (tertiary/aromatic N) is 3. The van der Waals surface area contributed by atoms with Gasteiger partial charge < -0.3 is 10.1 Å². The van der Waals surface area contributed by atoms with E-state index in [2.05, 4.69) is 15.3 Å². The lowest BCUT2D eigenvalue weighted by molar-refractivity contribution is -0.149. The Hall–Kier alpha value is -1.26. The third kappa shape index (κ3) is 4.08. The number of nitrogens with one attached hydrogen (secondary N) is 1. The topological polar surface area (TPSA) is 87.1 Å². The van der Waals surface area contributed by atoms with Gasteiger partial charge in [0, 0.05) is 11.5 Å². The van der Waals surface area contributed by atoms with E-state index < -0.39 is 5.54 Å². The molecule has 1 N–H and O–H groups in total. The van der Waals surface area contributed by atoms with E-state index in [9.17, 15) is 4.79 Å². The molecule has 0 amide bonds. The van der Waals surface area contributed by atoms with Gasteiger partial charge in [0.05, 0.1) is 7.11 Å². The minimum absolute atomic E-state index is 0.124. The van der Waals surface area contributed by atoms with Crippen LogP contribution in [-0.2, 0) is 9.53 Å². The van der Waals surface area contributed by atoms with Gasteiger partial charge in [0.15, 0.2) is 0 Å². The number of azide groups is 1. The van der Waals surface area contributed by atoms with Crippen LogP contribution in [0.15, 0.2) is 5.11 Å². The van der Waals surface area contributed by atoms with Gasteiger partial charge in [-0.05, 0) is 31.3 Å². The molecule has 6 heteroatoms. The van der Waals surface area contributed by atoms with Gasteiger partial charge >= 0.3 is 5.97 Å². The molecule has 0 spiro atoms. The van der Waals surface area contributed by atoms with E-state index in [4.69, 9.17) is 10.3 Å². The fourth-order valence-corrected chi connectivity index (χ4v) is 1.27. The highest BCUT2D eigenvalue weighted by atomic mass is 16.5. The van der Waals surface area contributed by atoms with Crippen molar-refractivity contribution < 1.29 is 9.53 Å². The summed E-state index contributed by atoms with van der Waals surface area (Å²) in [5, 5.41) is 6.57. The molecule has 0 fully saturated rings. The standard InChI is InChI=1S/C10H20N4O2/c1-8(2)10(3,9(15)16-4)12-6-5-7-13-14-11/h8,12H,5-7H2,1-4H3. The molecular formula is C10H20N4O2. The van der Waals surface area contributed by atoms with Crippen molar-refractivity contribution in [3.63, 3.8) is 0 Å².